The third kappa shape index (κ3) is 8.49. The van der Waals surface area contributed by atoms with Gasteiger partial charge in [-0.25, -0.2) is 0 Å². The van der Waals surface area contributed by atoms with Crippen molar-refractivity contribution in [2.24, 2.45) is 4.99 Å². The molecule has 2 aromatic carbocycles. The summed E-state index contributed by atoms with van der Waals surface area (Å²) in [6, 6.07) is 13.4. The number of halogens is 2. The fourth-order valence-electron chi connectivity index (χ4n) is 2.57. The van der Waals surface area contributed by atoms with Crippen molar-refractivity contribution in [3.63, 3.8) is 0 Å². The van der Waals surface area contributed by atoms with Gasteiger partial charge in [-0.3, -0.25) is 9.79 Å². The first kappa shape index (κ1) is 25.0. The van der Waals surface area contributed by atoms with Gasteiger partial charge in [0.1, 0.15) is 5.75 Å². The van der Waals surface area contributed by atoms with Gasteiger partial charge in [0.05, 0.1) is 17.3 Å². The number of carbonyl (C=O) groups is 1. The molecule has 0 aliphatic rings. The number of para-hydroxylation sites is 1. The molecule has 0 unspecified atom stereocenters. The van der Waals surface area contributed by atoms with Crippen molar-refractivity contribution < 1.29 is 9.53 Å². The summed E-state index contributed by atoms with van der Waals surface area (Å²) in [4.78, 5) is 16.3. The molecule has 158 valence electrons. The molecule has 0 bridgehead atoms. The predicted octanol–water partition coefficient (Wildman–Crippen LogP) is 4.36. The van der Waals surface area contributed by atoms with Crippen molar-refractivity contribution in [1.29, 1.82) is 0 Å². The lowest BCUT2D eigenvalue weighted by Crippen LogP contribution is -2.38. The van der Waals surface area contributed by atoms with Crippen molar-refractivity contribution in [3.8, 4) is 5.75 Å². The SMILES string of the molecule is CCOc1ccccc1CNC(=NC)NCCC(=O)Nc1ccc(C)cc1Cl.I. The van der Waals surface area contributed by atoms with Gasteiger partial charge >= 0.3 is 0 Å². The van der Waals surface area contributed by atoms with E-state index in [-0.39, 0.29) is 29.9 Å². The lowest BCUT2D eigenvalue weighted by atomic mass is 10.2. The van der Waals surface area contributed by atoms with E-state index < -0.39 is 0 Å². The Bertz CT molecular complexity index is 830. The Morgan fingerprint density at radius 1 is 1.17 bits per heavy atom. The summed E-state index contributed by atoms with van der Waals surface area (Å²) in [5, 5.41) is 9.72. The number of aliphatic imine (C=N–C) groups is 1. The van der Waals surface area contributed by atoms with Crippen LogP contribution in [0.5, 0.6) is 5.75 Å². The number of amides is 1. The highest BCUT2D eigenvalue weighted by Crippen LogP contribution is 2.22. The van der Waals surface area contributed by atoms with Gasteiger partial charge in [-0.2, -0.15) is 0 Å². The average Bonchev–Trinajstić information content (AvgIpc) is 2.68. The second kappa shape index (κ2) is 13.3. The Morgan fingerprint density at radius 3 is 2.62 bits per heavy atom. The maximum atomic E-state index is 12.1. The van der Waals surface area contributed by atoms with E-state index in [2.05, 4.69) is 20.9 Å². The van der Waals surface area contributed by atoms with Crippen LogP contribution >= 0.6 is 35.6 Å². The molecule has 0 fully saturated rings. The molecule has 0 aliphatic heterocycles. The number of guanidine groups is 1. The molecule has 6 nitrogen and oxygen atoms in total. The van der Waals surface area contributed by atoms with Gasteiger partial charge in [0.25, 0.3) is 0 Å². The minimum Gasteiger partial charge on any atom is -0.494 e. The molecule has 29 heavy (non-hydrogen) atoms. The van der Waals surface area contributed by atoms with Gasteiger partial charge in [-0.05, 0) is 37.6 Å². The maximum Gasteiger partial charge on any atom is 0.226 e. The Kier molecular flexibility index (Phi) is 11.5. The molecule has 0 saturated carbocycles. The van der Waals surface area contributed by atoms with Crippen LogP contribution in [0.3, 0.4) is 0 Å². The zero-order chi connectivity index (χ0) is 20.4. The van der Waals surface area contributed by atoms with Crippen LogP contribution in [0, 0.1) is 6.92 Å². The molecule has 0 saturated heterocycles. The van der Waals surface area contributed by atoms with Crippen LogP contribution < -0.4 is 20.7 Å². The smallest absolute Gasteiger partial charge is 0.226 e. The third-order valence-electron chi connectivity index (χ3n) is 3.99. The van der Waals surface area contributed by atoms with E-state index >= 15 is 0 Å². The molecular formula is C21H28ClIN4O2. The van der Waals surface area contributed by atoms with E-state index in [4.69, 9.17) is 16.3 Å². The molecule has 0 aromatic heterocycles. The summed E-state index contributed by atoms with van der Waals surface area (Å²) in [6.45, 7) is 5.54. The quantitative estimate of drug-likeness (QED) is 0.269. The third-order valence-corrected chi connectivity index (χ3v) is 4.30. The minimum atomic E-state index is -0.115. The largest absolute Gasteiger partial charge is 0.494 e. The fourth-order valence-corrected chi connectivity index (χ4v) is 2.86. The number of rotatable bonds is 8. The number of nitrogens with one attached hydrogen (secondary N) is 3. The molecule has 0 radical (unpaired) electrons. The molecule has 3 N–H and O–H groups in total. The summed E-state index contributed by atoms with van der Waals surface area (Å²) >= 11 is 6.15. The Hall–Kier alpha value is -2.00. The van der Waals surface area contributed by atoms with Crippen LogP contribution in [-0.2, 0) is 11.3 Å². The molecule has 0 atom stereocenters. The van der Waals surface area contributed by atoms with Crippen molar-refractivity contribution in [1.82, 2.24) is 10.6 Å². The molecule has 0 aliphatic carbocycles. The first-order valence-electron chi connectivity index (χ1n) is 9.24. The van der Waals surface area contributed by atoms with E-state index in [1.165, 1.54) is 0 Å². The first-order chi connectivity index (χ1) is 13.5. The zero-order valence-corrected chi connectivity index (χ0v) is 20.0. The van der Waals surface area contributed by atoms with E-state index in [0.29, 0.717) is 42.8 Å². The lowest BCUT2D eigenvalue weighted by molar-refractivity contribution is -0.116. The standard InChI is InChI=1S/C21H27ClN4O2.HI/c1-4-28-19-8-6-5-7-16(19)14-25-21(23-3)24-12-11-20(27)26-18-10-9-15(2)13-17(18)22;/h5-10,13H,4,11-12,14H2,1-3H3,(H,26,27)(H2,23,24,25);1H. The number of hydrogen-bond acceptors (Lipinski definition) is 3. The second-order valence-corrected chi connectivity index (χ2v) is 6.58. The van der Waals surface area contributed by atoms with Gasteiger partial charge in [-0.15, -0.1) is 24.0 Å². The van der Waals surface area contributed by atoms with Crippen molar-refractivity contribution >= 4 is 53.1 Å². The van der Waals surface area contributed by atoms with Crippen LogP contribution in [0.1, 0.15) is 24.5 Å². The van der Waals surface area contributed by atoms with Crippen LogP contribution in [0.4, 0.5) is 5.69 Å². The zero-order valence-electron chi connectivity index (χ0n) is 16.9. The molecule has 0 heterocycles. The maximum absolute atomic E-state index is 12.1. The van der Waals surface area contributed by atoms with Crippen LogP contribution in [0.15, 0.2) is 47.5 Å². The number of nitrogens with zero attached hydrogens (tertiary/aromatic N) is 1. The van der Waals surface area contributed by atoms with Crippen LogP contribution in [0.25, 0.3) is 0 Å². The molecule has 2 aromatic rings. The fraction of sp³-hybridized carbons (Fsp3) is 0.333. The highest BCUT2D eigenvalue weighted by Gasteiger charge is 2.07. The number of benzene rings is 2. The van der Waals surface area contributed by atoms with E-state index in [0.717, 1.165) is 16.9 Å². The number of ether oxygens (including phenoxy) is 1. The van der Waals surface area contributed by atoms with Gasteiger partial charge in [0.2, 0.25) is 5.91 Å². The van der Waals surface area contributed by atoms with Crippen molar-refractivity contribution in [2.75, 3.05) is 25.5 Å². The number of aryl methyl sites for hydroxylation is 1. The summed E-state index contributed by atoms with van der Waals surface area (Å²) in [7, 11) is 1.69. The predicted molar refractivity (Wildman–Crippen MR) is 131 cm³/mol. The number of carbonyl (C=O) groups excluding carboxylic acids is 1. The minimum absolute atomic E-state index is 0. The first-order valence-corrected chi connectivity index (χ1v) is 9.62. The lowest BCUT2D eigenvalue weighted by Gasteiger charge is -2.14. The molecule has 0 spiro atoms. The summed E-state index contributed by atoms with van der Waals surface area (Å²) in [6.07, 6.45) is 0.292. The van der Waals surface area contributed by atoms with Crippen molar-refractivity contribution in [3.05, 3.63) is 58.6 Å². The normalized spacial score (nSPS) is 10.7. The summed E-state index contributed by atoms with van der Waals surface area (Å²) in [5.74, 6) is 1.35. The monoisotopic (exact) mass is 530 g/mol. The van der Waals surface area contributed by atoms with Crippen LogP contribution in [0.2, 0.25) is 5.02 Å². The summed E-state index contributed by atoms with van der Waals surface area (Å²) < 4.78 is 5.63. The second-order valence-electron chi connectivity index (χ2n) is 6.17. The highest BCUT2D eigenvalue weighted by atomic mass is 127. The van der Waals surface area contributed by atoms with Gasteiger partial charge in [0.15, 0.2) is 5.96 Å². The van der Waals surface area contributed by atoms with Gasteiger partial charge in [0, 0.05) is 32.1 Å². The Morgan fingerprint density at radius 2 is 1.93 bits per heavy atom. The molecule has 2 rings (SSSR count). The Labute approximate surface area is 194 Å². The molecular weight excluding hydrogens is 503 g/mol. The summed E-state index contributed by atoms with van der Waals surface area (Å²) in [5.41, 5.74) is 2.71. The Balaban J connectivity index is 0.00000420. The van der Waals surface area contributed by atoms with E-state index in [1.807, 2.05) is 50.2 Å². The highest BCUT2D eigenvalue weighted by molar-refractivity contribution is 14.0. The van der Waals surface area contributed by atoms with E-state index in [9.17, 15) is 4.79 Å². The van der Waals surface area contributed by atoms with Gasteiger partial charge in [-0.1, -0.05) is 35.9 Å². The molecule has 1 amide bonds. The van der Waals surface area contributed by atoms with Crippen molar-refractivity contribution in [2.45, 2.75) is 26.8 Å². The topological polar surface area (TPSA) is 74.8 Å². The number of anilines is 1. The van der Waals surface area contributed by atoms with Crippen LogP contribution in [-0.4, -0.2) is 32.1 Å². The number of hydrogen-bond donors (Lipinski definition) is 3. The van der Waals surface area contributed by atoms with Gasteiger partial charge < -0.3 is 20.7 Å². The van der Waals surface area contributed by atoms with E-state index in [1.54, 1.807) is 13.1 Å². The average molecular weight is 531 g/mol. The molecule has 8 heteroatoms.